The average molecular weight is 282 g/mol. The Morgan fingerprint density at radius 2 is 1.60 bits per heavy atom. The van der Waals surface area contributed by atoms with Gasteiger partial charge in [0, 0.05) is 20.3 Å². The molecular weight excluding hydrogens is 256 g/mol. The quantitative estimate of drug-likeness (QED) is 0.669. The summed E-state index contributed by atoms with van der Waals surface area (Å²) in [5, 5.41) is 10.1. The van der Waals surface area contributed by atoms with E-state index in [1.54, 1.807) is 7.11 Å². The van der Waals surface area contributed by atoms with Gasteiger partial charge in [-0.2, -0.15) is 0 Å². The molecule has 0 aliphatic carbocycles. The molecule has 0 bridgehead atoms. The van der Waals surface area contributed by atoms with E-state index >= 15 is 0 Å². The molecule has 0 fully saturated rings. The highest BCUT2D eigenvalue weighted by Gasteiger charge is 2.08. The molecule has 20 heavy (non-hydrogen) atoms. The number of aliphatic hydroxyl groups excluding tert-OH is 1. The first kappa shape index (κ1) is 17.1. The molecule has 0 heterocycles. The molecule has 0 amide bonds. The molecule has 114 valence electrons. The van der Waals surface area contributed by atoms with Crippen molar-refractivity contribution in [1.29, 1.82) is 0 Å². The smallest absolute Gasteiger partial charge is 0.102 e. The zero-order valence-corrected chi connectivity index (χ0v) is 12.7. The van der Waals surface area contributed by atoms with E-state index < -0.39 is 6.10 Å². The van der Waals surface area contributed by atoms with Crippen molar-refractivity contribution in [2.45, 2.75) is 26.4 Å². The molecule has 0 aliphatic rings. The van der Waals surface area contributed by atoms with Crippen LogP contribution < -0.4 is 0 Å². The van der Waals surface area contributed by atoms with Crippen LogP contribution >= 0.6 is 0 Å². The first-order chi connectivity index (χ1) is 9.63. The van der Waals surface area contributed by atoms with E-state index in [1.165, 1.54) is 0 Å². The van der Waals surface area contributed by atoms with Crippen molar-refractivity contribution in [3.8, 4) is 0 Å². The van der Waals surface area contributed by atoms with Gasteiger partial charge in [0.2, 0.25) is 0 Å². The maximum Gasteiger partial charge on any atom is 0.102 e. The third-order valence-corrected chi connectivity index (χ3v) is 2.91. The summed E-state index contributed by atoms with van der Waals surface area (Å²) in [4.78, 5) is 0. The van der Waals surface area contributed by atoms with Gasteiger partial charge in [0.15, 0.2) is 0 Å². The fourth-order valence-corrected chi connectivity index (χ4v) is 2.00. The van der Waals surface area contributed by atoms with Crippen LogP contribution in [-0.2, 0) is 14.2 Å². The van der Waals surface area contributed by atoms with Gasteiger partial charge in [-0.25, -0.2) is 0 Å². The summed E-state index contributed by atoms with van der Waals surface area (Å²) in [6.45, 7) is 6.86. The number of benzene rings is 1. The maximum absolute atomic E-state index is 10.1. The second kappa shape index (κ2) is 9.88. The van der Waals surface area contributed by atoms with Crippen LogP contribution in [0.1, 0.15) is 29.2 Å². The van der Waals surface area contributed by atoms with Gasteiger partial charge in [0.25, 0.3) is 0 Å². The molecule has 1 atom stereocenters. The molecule has 0 radical (unpaired) electrons. The van der Waals surface area contributed by atoms with E-state index in [4.69, 9.17) is 14.2 Å². The second-order valence-electron chi connectivity index (χ2n) is 4.97. The Kier molecular flexibility index (Phi) is 8.46. The predicted molar refractivity (Wildman–Crippen MR) is 79.0 cm³/mol. The van der Waals surface area contributed by atoms with Gasteiger partial charge in [0.05, 0.1) is 19.8 Å². The van der Waals surface area contributed by atoms with Crippen LogP contribution in [0.25, 0.3) is 0 Å². The van der Waals surface area contributed by atoms with E-state index in [9.17, 15) is 5.11 Å². The highest BCUT2D eigenvalue weighted by atomic mass is 16.5. The lowest BCUT2D eigenvalue weighted by Crippen LogP contribution is -2.10. The van der Waals surface area contributed by atoms with Crippen molar-refractivity contribution in [2.24, 2.45) is 0 Å². The number of methoxy groups -OCH3 is 1. The highest BCUT2D eigenvalue weighted by Crippen LogP contribution is 2.17. The van der Waals surface area contributed by atoms with E-state index in [0.717, 1.165) is 23.1 Å². The van der Waals surface area contributed by atoms with Crippen molar-refractivity contribution in [2.75, 3.05) is 40.1 Å². The van der Waals surface area contributed by atoms with E-state index in [0.29, 0.717) is 33.0 Å². The molecule has 1 N–H and O–H groups in total. The molecule has 0 saturated heterocycles. The van der Waals surface area contributed by atoms with Crippen LogP contribution in [0, 0.1) is 13.8 Å². The molecule has 1 unspecified atom stereocenters. The van der Waals surface area contributed by atoms with E-state index in [2.05, 4.69) is 6.07 Å². The van der Waals surface area contributed by atoms with Crippen molar-refractivity contribution in [3.05, 3.63) is 34.9 Å². The number of hydrogen-bond donors (Lipinski definition) is 1. The Balaban J connectivity index is 2.15. The molecule has 0 spiro atoms. The first-order valence-corrected chi connectivity index (χ1v) is 7.04. The Labute approximate surface area is 121 Å². The van der Waals surface area contributed by atoms with Crippen molar-refractivity contribution >= 4 is 0 Å². The third kappa shape index (κ3) is 7.01. The Bertz CT molecular complexity index is 358. The molecular formula is C16H26O4. The van der Waals surface area contributed by atoms with Crippen molar-refractivity contribution in [3.63, 3.8) is 0 Å². The molecule has 1 rings (SSSR count). The summed E-state index contributed by atoms with van der Waals surface area (Å²) in [6, 6.07) is 6.08. The average Bonchev–Trinajstić information content (AvgIpc) is 2.40. The third-order valence-electron chi connectivity index (χ3n) is 2.91. The zero-order valence-electron chi connectivity index (χ0n) is 12.7. The Morgan fingerprint density at radius 3 is 2.25 bits per heavy atom. The fourth-order valence-electron chi connectivity index (χ4n) is 2.00. The summed E-state index contributed by atoms with van der Waals surface area (Å²) in [5.74, 6) is 0. The van der Waals surface area contributed by atoms with Gasteiger partial charge in [-0.3, -0.25) is 0 Å². The normalized spacial score (nSPS) is 12.6. The van der Waals surface area contributed by atoms with Gasteiger partial charge in [0.1, 0.15) is 6.10 Å². The number of aliphatic hydroxyl groups is 1. The van der Waals surface area contributed by atoms with Crippen LogP contribution in [-0.4, -0.2) is 45.3 Å². The molecule has 4 heteroatoms. The number of ether oxygens (including phenoxy) is 3. The van der Waals surface area contributed by atoms with Crippen LogP contribution in [0.3, 0.4) is 0 Å². The van der Waals surface area contributed by atoms with Gasteiger partial charge >= 0.3 is 0 Å². The van der Waals surface area contributed by atoms with Gasteiger partial charge < -0.3 is 19.3 Å². The lowest BCUT2D eigenvalue weighted by atomic mass is 10.0. The molecule has 4 nitrogen and oxygen atoms in total. The SMILES string of the molecule is COCCOCCCOCC(O)c1cc(C)cc(C)c1. The standard InChI is InChI=1S/C16H26O4/c1-13-9-14(2)11-15(10-13)16(17)12-20-6-4-5-19-8-7-18-3/h9-11,16-17H,4-8,12H2,1-3H3. The number of rotatable bonds is 10. The summed E-state index contributed by atoms with van der Waals surface area (Å²) in [5.41, 5.74) is 3.23. The summed E-state index contributed by atoms with van der Waals surface area (Å²) in [7, 11) is 1.65. The van der Waals surface area contributed by atoms with Crippen LogP contribution in [0.5, 0.6) is 0 Å². The summed E-state index contributed by atoms with van der Waals surface area (Å²) in [6.07, 6.45) is 0.256. The Hall–Kier alpha value is -0.940. The second-order valence-corrected chi connectivity index (χ2v) is 4.97. The van der Waals surface area contributed by atoms with E-state index in [1.807, 2.05) is 26.0 Å². The topological polar surface area (TPSA) is 47.9 Å². The number of hydrogen-bond acceptors (Lipinski definition) is 4. The first-order valence-electron chi connectivity index (χ1n) is 7.04. The van der Waals surface area contributed by atoms with Gasteiger partial charge in [-0.1, -0.05) is 29.3 Å². The predicted octanol–water partition coefficient (Wildman–Crippen LogP) is 2.41. The highest BCUT2D eigenvalue weighted by molar-refractivity contribution is 5.29. The van der Waals surface area contributed by atoms with Gasteiger partial charge in [-0.15, -0.1) is 0 Å². The van der Waals surface area contributed by atoms with Crippen LogP contribution in [0.4, 0.5) is 0 Å². The zero-order chi connectivity index (χ0) is 14.8. The minimum absolute atomic E-state index is 0.320. The minimum atomic E-state index is -0.567. The molecule has 0 saturated carbocycles. The fraction of sp³-hybridized carbons (Fsp3) is 0.625. The monoisotopic (exact) mass is 282 g/mol. The minimum Gasteiger partial charge on any atom is -0.386 e. The lowest BCUT2D eigenvalue weighted by molar-refractivity contribution is 0.0181. The number of aryl methyl sites for hydroxylation is 2. The largest absolute Gasteiger partial charge is 0.386 e. The van der Waals surface area contributed by atoms with Crippen molar-refractivity contribution in [1.82, 2.24) is 0 Å². The molecule has 0 aromatic heterocycles. The molecule has 1 aromatic carbocycles. The van der Waals surface area contributed by atoms with Crippen LogP contribution in [0.2, 0.25) is 0 Å². The van der Waals surface area contributed by atoms with Crippen molar-refractivity contribution < 1.29 is 19.3 Å². The van der Waals surface area contributed by atoms with Crippen LogP contribution in [0.15, 0.2) is 18.2 Å². The van der Waals surface area contributed by atoms with Gasteiger partial charge in [-0.05, 0) is 25.8 Å². The molecule has 1 aromatic rings. The summed E-state index contributed by atoms with van der Waals surface area (Å²) >= 11 is 0. The lowest BCUT2D eigenvalue weighted by Gasteiger charge is -2.13. The van der Waals surface area contributed by atoms with E-state index in [-0.39, 0.29) is 0 Å². The summed E-state index contributed by atoms with van der Waals surface area (Å²) < 4.78 is 15.7. The molecule has 0 aliphatic heterocycles. The Morgan fingerprint density at radius 1 is 0.950 bits per heavy atom. The maximum atomic E-state index is 10.1.